The Morgan fingerprint density at radius 2 is 2.19 bits per heavy atom. The molecule has 1 aliphatic heterocycles. The number of nitriles is 1. The first kappa shape index (κ1) is 20.0. The molecule has 9 heteroatoms. The number of nitrogens with one attached hydrogen (secondary N) is 2. The molecular weight excluding hydrogens is 375 g/mol. The smallest absolute Gasteiger partial charge is 0.243 e. The van der Waals surface area contributed by atoms with Gasteiger partial charge in [-0.05, 0) is 31.0 Å². The van der Waals surface area contributed by atoms with Gasteiger partial charge < -0.3 is 5.32 Å². The number of hydrazone groups is 1. The van der Waals surface area contributed by atoms with Crippen LogP contribution in [0.1, 0.15) is 31.7 Å². The number of nitrogens with zero attached hydrogens (tertiary/aromatic N) is 4. The Hall–Kier alpha value is -2.30. The minimum Gasteiger partial charge on any atom is -0.356 e. The third kappa shape index (κ3) is 5.61. The standard InChI is InChI=1S/C17H20Cl2N6O/c1-2-21-17(23-11-20)22-8-3-9-25-16(26)7-6-15(24-25)12-4-5-13(18)14(19)10-12/h4-5,10H,2-3,6-9H2,1H3,(H2,21,22,23). The zero-order valence-corrected chi connectivity index (χ0v) is 15.9. The van der Waals surface area contributed by atoms with Gasteiger partial charge in [0.05, 0.1) is 15.8 Å². The van der Waals surface area contributed by atoms with Gasteiger partial charge in [0.2, 0.25) is 11.9 Å². The third-order valence-electron chi connectivity index (χ3n) is 3.69. The summed E-state index contributed by atoms with van der Waals surface area (Å²) >= 11 is 12.0. The maximum absolute atomic E-state index is 12.1. The van der Waals surface area contributed by atoms with E-state index in [1.165, 1.54) is 5.01 Å². The second-order valence-electron chi connectivity index (χ2n) is 5.53. The molecule has 138 valence electrons. The molecule has 1 aromatic carbocycles. The lowest BCUT2D eigenvalue weighted by Crippen LogP contribution is -2.38. The van der Waals surface area contributed by atoms with E-state index in [1.54, 1.807) is 12.1 Å². The van der Waals surface area contributed by atoms with Crippen LogP contribution in [0.4, 0.5) is 0 Å². The van der Waals surface area contributed by atoms with Crippen LogP contribution in [-0.4, -0.2) is 42.2 Å². The summed E-state index contributed by atoms with van der Waals surface area (Å²) in [4.78, 5) is 16.2. The van der Waals surface area contributed by atoms with Crippen LogP contribution in [0.5, 0.6) is 0 Å². The van der Waals surface area contributed by atoms with Crippen molar-refractivity contribution >= 4 is 40.8 Å². The minimum absolute atomic E-state index is 0.00795. The van der Waals surface area contributed by atoms with Crippen molar-refractivity contribution in [2.45, 2.75) is 26.2 Å². The molecule has 2 N–H and O–H groups in total. The van der Waals surface area contributed by atoms with Crippen LogP contribution in [0, 0.1) is 11.5 Å². The van der Waals surface area contributed by atoms with Crippen LogP contribution in [0.2, 0.25) is 10.0 Å². The summed E-state index contributed by atoms with van der Waals surface area (Å²) < 4.78 is 0. The molecule has 2 rings (SSSR count). The van der Waals surface area contributed by atoms with E-state index in [0.717, 1.165) is 11.3 Å². The second kappa shape index (κ2) is 10.00. The van der Waals surface area contributed by atoms with Crippen LogP contribution in [-0.2, 0) is 4.79 Å². The quantitative estimate of drug-likeness (QED) is 0.255. The van der Waals surface area contributed by atoms with E-state index in [4.69, 9.17) is 28.5 Å². The summed E-state index contributed by atoms with van der Waals surface area (Å²) in [6.07, 6.45) is 3.48. The fourth-order valence-corrected chi connectivity index (χ4v) is 2.74. The first-order valence-electron chi connectivity index (χ1n) is 8.31. The molecule has 0 saturated heterocycles. The van der Waals surface area contributed by atoms with Crippen LogP contribution in [0.15, 0.2) is 28.3 Å². The van der Waals surface area contributed by atoms with Crippen molar-refractivity contribution in [2.75, 3.05) is 19.6 Å². The van der Waals surface area contributed by atoms with Gasteiger partial charge >= 0.3 is 0 Å². The average molecular weight is 395 g/mol. The van der Waals surface area contributed by atoms with Crippen LogP contribution in [0.3, 0.4) is 0 Å². The van der Waals surface area contributed by atoms with E-state index in [1.807, 2.05) is 19.2 Å². The highest BCUT2D eigenvalue weighted by atomic mass is 35.5. The summed E-state index contributed by atoms with van der Waals surface area (Å²) in [5.41, 5.74) is 1.68. The van der Waals surface area contributed by atoms with E-state index in [0.29, 0.717) is 54.9 Å². The minimum atomic E-state index is -0.00795. The molecule has 0 bridgehead atoms. The molecule has 26 heavy (non-hydrogen) atoms. The van der Waals surface area contributed by atoms with Gasteiger partial charge in [0, 0.05) is 32.5 Å². The summed E-state index contributed by atoms with van der Waals surface area (Å²) in [7, 11) is 0. The molecular formula is C17H20Cl2N6O. The zero-order chi connectivity index (χ0) is 18.9. The van der Waals surface area contributed by atoms with Gasteiger partial charge in [-0.1, -0.05) is 29.3 Å². The summed E-state index contributed by atoms with van der Waals surface area (Å²) in [6.45, 7) is 3.49. The number of hydrogen-bond acceptors (Lipinski definition) is 4. The number of aliphatic imine (C=N–C) groups is 1. The molecule has 0 saturated carbocycles. The third-order valence-corrected chi connectivity index (χ3v) is 4.43. The molecule has 0 aliphatic carbocycles. The van der Waals surface area contributed by atoms with E-state index in [9.17, 15) is 4.79 Å². The molecule has 0 spiro atoms. The topological polar surface area (TPSA) is 92.9 Å². The van der Waals surface area contributed by atoms with E-state index in [-0.39, 0.29) is 5.91 Å². The van der Waals surface area contributed by atoms with Crippen LogP contribution >= 0.6 is 23.2 Å². The molecule has 0 atom stereocenters. The molecule has 1 amide bonds. The Morgan fingerprint density at radius 3 is 2.88 bits per heavy atom. The lowest BCUT2D eigenvalue weighted by Gasteiger charge is -2.24. The van der Waals surface area contributed by atoms with Gasteiger partial charge in [0.25, 0.3) is 0 Å². The van der Waals surface area contributed by atoms with Crippen molar-refractivity contribution < 1.29 is 4.79 Å². The number of benzene rings is 1. The lowest BCUT2D eigenvalue weighted by molar-refractivity contribution is -0.131. The van der Waals surface area contributed by atoms with Crippen molar-refractivity contribution in [1.29, 1.82) is 5.26 Å². The zero-order valence-electron chi connectivity index (χ0n) is 14.4. The number of halogens is 2. The summed E-state index contributed by atoms with van der Waals surface area (Å²) in [5, 5.41) is 21.1. The predicted molar refractivity (Wildman–Crippen MR) is 103 cm³/mol. The average Bonchev–Trinajstić information content (AvgIpc) is 2.62. The van der Waals surface area contributed by atoms with Crippen LogP contribution in [0.25, 0.3) is 0 Å². The van der Waals surface area contributed by atoms with Crippen molar-refractivity contribution in [3.05, 3.63) is 33.8 Å². The van der Waals surface area contributed by atoms with Crippen molar-refractivity contribution in [1.82, 2.24) is 15.6 Å². The molecule has 1 aromatic rings. The van der Waals surface area contributed by atoms with Crippen LogP contribution < -0.4 is 10.6 Å². The number of hydrogen-bond donors (Lipinski definition) is 2. The normalized spacial score (nSPS) is 14.7. The Morgan fingerprint density at radius 1 is 1.38 bits per heavy atom. The number of carbonyl (C=O) groups excluding carboxylic acids is 1. The van der Waals surface area contributed by atoms with E-state index < -0.39 is 0 Å². The molecule has 0 aromatic heterocycles. The highest BCUT2D eigenvalue weighted by Gasteiger charge is 2.21. The van der Waals surface area contributed by atoms with E-state index >= 15 is 0 Å². The molecule has 1 heterocycles. The number of rotatable bonds is 6. The summed E-state index contributed by atoms with van der Waals surface area (Å²) in [5.74, 6) is 0.423. The predicted octanol–water partition coefficient (Wildman–Crippen LogP) is 2.75. The maximum atomic E-state index is 12.1. The second-order valence-corrected chi connectivity index (χ2v) is 6.35. The monoisotopic (exact) mass is 394 g/mol. The molecule has 0 unspecified atom stereocenters. The molecule has 7 nitrogen and oxygen atoms in total. The highest BCUT2D eigenvalue weighted by Crippen LogP contribution is 2.25. The lowest BCUT2D eigenvalue weighted by atomic mass is 10.0. The van der Waals surface area contributed by atoms with Crippen molar-refractivity contribution in [2.24, 2.45) is 10.1 Å². The van der Waals surface area contributed by atoms with Gasteiger partial charge in [0.1, 0.15) is 0 Å². The Labute approximate surface area is 162 Å². The van der Waals surface area contributed by atoms with Crippen molar-refractivity contribution in [3.8, 4) is 6.19 Å². The molecule has 0 fully saturated rings. The van der Waals surface area contributed by atoms with Gasteiger partial charge in [-0.3, -0.25) is 15.1 Å². The van der Waals surface area contributed by atoms with Gasteiger partial charge in [0.15, 0.2) is 6.19 Å². The van der Waals surface area contributed by atoms with Crippen molar-refractivity contribution in [3.63, 3.8) is 0 Å². The first-order valence-corrected chi connectivity index (χ1v) is 9.07. The van der Waals surface area contributed by atoms with Gasteiger partial charge in [-0.25, -0.2) is 5.01 Å². The number of amides is 1. The Bertz CT molecular complexity index is 756. The van der Waals surface area contributed by atoms with E-state index in [2.05, 4.69) is 20.7 Å². The molecule has 0 radical (unpaired) electrons. The number of carbonyl (C=O) groups is 1. The maximum Gasteiger partial charge on any atom is 0.243 e. The SMILES string of the molecule is CC/N=C(\NC#N)NCCCN1N=C(c2ccc(Cl)c(Cl)c2)CCC1=O. The molecule has 1 aliphatic rings. The Kier molecular flexibility index (Phi) is 7.70. The Balaban J connectivity index is 1.95. The highest BCUT2D eigenvalue weighted by molar-refractivity contribution is 6.42. The fraction of sp³-hybridized carbons (Fsp3) is 0.412. The fourth-order valence-electron chi connectivity index (χ4n) is 2.44. The largest absolute Gasteiger partial charge is 0.356 e. The first-order chi connectivity index (χ1) is 12.5. The summed E-state index contributed by atoms with van der Waals surface area (Å²) in [6, 6.07) is 5.34. The van der Waals surface area contributed by atoms with Gasteiger partial charge in [-0.15, -0.1) is 0 Å². The number of guanidine groups is 1. The van der Waals surface area contributed by atoms with Gasteiger partial charge in [-0.2, -0.15) is 10.4 Å².